The molecule has 5 nitrogen and oxygen atoms in total. The molecule has 0 aromatic rings. The van der Waals surface area contributed by atoms with Gasteiger partial charge in [-0.1, -0.05) is 0 Å². The summed E-state index contributed by atoms with van der Waals surface area (Å²) in [5, 5.41) is 16.4. The third-order valence-corrected chi connectivity index (χ3v) is 1.25. The fraction of sp³-hybridized carbons (Fsp3) is 0.714. The number of hydrogen-bond acceptors (Lipinski definition) is 4. The minimum Gasteiger partial charge on any atom is -0.481 e. The van der Waals surface area contributed by atoms with Gasteiger partial charge in [0, 0.05) is 12.8 Å². The van der Waals surface area contributed by atoms with E-state index in [4.69, 9.17) is 10.2 Å². The quantitative estimate of drug-likeness (QED) is 0.341. The van der Waals surface area contributed by atoms with Crippen LogP contribution in [0.4, 0.5) is 0 Å². The third kappa shape index (κ3) is 7.01. The molecule has 0 radical (unpaired) electrons. The molecule has 0 atom stereocenters. The van der Waals surface area contributed by atoms with Crippen LogP contribution in [-0.4, -0.2) is 28.9 Å². The summed E-state index contributed by atoms with van der Waals surface area (Å²) < 4.78 is 4.22. The van der Waals surface area contributed by atoms with Crippen molar-refractivity contribution in [3.05, 3.63) is 0 Å². The summed E-state index contributed by atoms with van der Waals surface area (Å²) >= 11 is 0. The lowest BCUT2D eigenvalue weighted by molar-refractivity contribution is -0.152. The highest BCUT2D eigenvalue weighted by Crippen LogP contribution is 2.00. The number of unbranched alkanes of at least 4 members (excludes halogenated alkanes) is 1. The molecular formula is C7H12O5. The SMILES string of the molecule is O=C(O)CCCCC(=O)OCO. The fourth-order valence-electron chi connectivity index (χ4n) is 0.690. The zero-order valence-electron chi connectivity index (χ0n) is 6.65. The van der Waals surface area contributed by atoms with E-state index in [1.54, 1.807) is 0 Å². The number of esters is 1. The average Bonchev–Trinajstić information content (AvgIpc) is 1.98. The number of ether oxygens (including phenoxy) is 1. The Morgan fingerprint density at radius 3 is 2.25 bits per heavy atom. The molecule has 0 aliphatic carbocycles. The van der Waals surface area contributed by atoms with Gasteiger partial charge in [0.05, 0.1) is 0 Å². The van der Waals surface area contributed by atoms with Gasteiger partial charge in [0.25, 0.3) is 0 Å². The van der Waals surface area contributed by atoms with Crippen molar-refractivity contribution in [3.63, 3.8) is 0 Å². The molecule has 0 aliphatic heterocycles. The average molecular weight is 176 g/mol. The van der Waals surface area contributed by atoms with Crippen molar-refractivity contribution in [3.8, 4) is 0 Å². The first-order chi connectivity index (χ1) is 5.66. The predicted molar refractivity (Wildman–Crippen MR) is 39.3 cm³/mol. The first-order valence-corrected chi connectivity index (χ1v) is 3.65. The molecule has 0 unspecified atom stereocenters. The summed E-state index contributed by atoms with van der Waals surface area (Å²) in [4.78, 5) is 20.6. The number of hydrogen-bond donors (Lipinski definition) is 2. The van der Waals surface area contributed by atoms with Gasteiger partial charge in [-0.05, 0) is 12.8 Å². The maximum absolute atomic E-state index is 10.6. The van der Waals surface area contributed by atoms with E-state index >= 15 is 0 Å². The Labute approximate surface area is 70.0 Å². The van der Waals surface area contributed by atoms with Crippen LogP contribution in [0.5, 0.6) is 0 Å². The zero-order valence-corrected chi connectivity index (χ0v) is 6.65. The topological polar surface area (TPSA) is 83.8 Å². The molecule has 2 N–H and O–H groups in total. The number of rotatable bonds is 6. The minimum atomic E-state index is -0.870. The number of aliphatic carboxylic acids is 1. The van der Waals surface area contributed by atoms with Crippen molar-refractivity contribution in [2.24, 2.45) is 0 Å². The number of carbonyl (C=O) groups excluding carboxylic acids is 1. The summed E-state index contributed by atoms with van der Waals surface area (Å²) in [6.45, 7) is -0.613. The van der Waals surface area contributed by atoms with Gasteiger partial charge in [0.1, 0.15) is 0 Å². The maximum Gasteiger partial charge on any atom is 0.307 e. The van der Waals surface area contributed by atoms with E-state index in [2.05, 4.69) is 4.74 Å². The summed E-state index contributed by atoms with van der Waals surface area (Å²) in [5.41, 5.74) is 0. The Bertz CT molecular complexity index is 154. The standard InChI is InChI=1S/C7H12O5/c8-5-12-7(11)4-2-1-3-6(9)10/h8H,1-5H2,(H,9,10). The van der Waals surface area contributed by atoms with Crippen molar-refractivity contribution in [2.75, 3.05) is 6.79 Å². The second kappa shape index (κ2) is 6.60. The van der Waals surface area contributed by atoms with Gasteiger partial charge in [-0.3, -0.25) is 9.59 Å². The second-order valence-corrected chi connectivity index (χ2v) is 2.25. The van der Waals surface area contributed by atoms with Crippen molar-refractivity contribution in [2.45, 2.75) is 25.7 Å². The Morgan fingerprint density at radius 1 is 1.17 bits per heavy atom. The van der Waals surface area contributed by atoms with E-state index in [1.165, 1.54) is 0 Å². The van der Waals surface area contributed by atoms with Crippen LogP contribution < -0.4 is 0 Å². The highest BCUT2D eigenvalue weighted by atomic mass is 16.6. The van der Waals surface area contributed by atoms with Crippen molar-refractivity contribution in [1.82, 2.24) is 0 Å². The van der Waals surface area contributed by atoms with Crippen LogP contribution in [0.15, 0.2) is 0 Å². The van der Waals surface area contributed by atoms with Crippen molar-refractivity contribution < 1.29 is 24.5 Å². The number of aliphatic hydroxyl groups is 1. The summed E-state index contributed by atoms with van der Waals surface area (Å²) in [6.07, 6.45) is 1.15. The molecule has 12 heavy (non-hydrogen) atoms. The normalized spacial score (nSPS) is 9.42. The first-order valence-electron chi connectivity index (χ1n) is 3.65. The molecule has 0 bridgehead atoms. The van der Waals surface area contributed by atoms with E-state index in [-0.39, 0.29) is 12.8 Å². The molecule has 5 heteroatoms. The van der Waals surface area contributed by atoms with Crippen LogP contribution in [-0.2, 0) is 14.3 Å². The summed E-state index contributed by atoms with van der Waals surface area (Å²) in [6, 6.07) is 0. The summed E-state index contributed by atoms with van der Waals surface area (Å²) in [7, 11) is 0. The molecule has 0 saturated carbocycles. The van der Waals surface area contributed by atoms with Crippen molar-refractivity contribution >= 4 is 11.9 Å². The molecule has 0 saturated heterocycles. The highest BCUT2D eigenvalue weighted by molar-refractivity contribution is 5.69. The predicted octanol–water partition coefficient (Wildman–Crippen LogP) is 0.124. The highest BCUT2D eigenvalue weighted by Gasteiger charge is 2.02. The third-order valence-electron chi connectivity index (χ3n) is 1.25. The lowest BCUT2D eigenvalue weighted by Gasteiger charge is -1.98. The van der Waals surface area contributed by atoms with Crippen LogP contribution in [0, 0.1) is 0 Å². The van der Waals surface area contributed by atoms with Gasteiger partial charge >= 0.3 is 11.9 Å². The van der Waals surface area contributed by atoms with Crippen LogP contribution in [0.2, 0.25) is 0 Å². The number of carboxylic acids is 1. The molecule has 70 valence electrons. The largest absolute Gasteiger partial charge is 0.481 e. The monoisotopic (exact) mass is 176 g/mol. The Balaban J connectivity index is 3.19. The first kappa shape index (κ1) is 10.9. The molecule has 0 fully saturated rings. The number of aliphatic hydroxyl groups excluding tert-OH is 1. The van der Waals surface area contributed by atoms with Gasteiger partial charge in [0.15, 0.2) is 6.79 Å². The fourth-order valence-corrected chi connectivity index (χ4v) is 0.690. The minimum absolute atomic E-state index is 0.0619. The number of carbonyl (C=O) groups is 2. The molecule has 0 amide bonds. The van der Waals surface area contributed by atoms with Gasteiger partial charge in [-0.2, -0.15) is 0 Å². The molecular weight excluding hydrogens is 164 g/mol. The lowest BCUT2D eigenvalue weighted by atomic mass is 10.2. The lowest BCUT2D eigenvalue weighted by Crippen LogP contribution is -2.05. The van der Waals surface area contributed by atoms with E-state index < -0.39 is 18.7 Å². The smallest absolute Gasteiger partial charge is 0.307 e. The molecule has 0 aromatic carbocycles. The molecule has 0 spiro atoms. The molecule has 0 aromatic heterocycles. The Hall–Kier alpha value is -1.10. The Kier molecular flexibility index (Phi) is 6.00. The van der Waals surface area contributed by atoms with Gasteiger partial charge in [-0.25, -0.2) is 0 Å². The van der Waals surface area contributed by atoms with E-state index in [9.17, 15) is 9.59 Å². The molecule has 0 aliphatic rings. The van der Waals surface area contributed by atoms with Crippen LogP contribution in [0.1, 0.15) is 25.7 Å². The van der Waals surface area contributed by atoms with E-state index in [0.29, 0.717) is 12.8 Å². The van der Waals surface area contributed by atoms with E-state index in [0.717, 1.165) is 0 Å². The van der Waals surface area contributed by atoms with Gasteiger partial charge < -0.3 is 14.9 Å². The van der Waals surface area contributed by atoms with Crippen LogP contribution in [0.3, 0.4) is 0 Å². The van der Waals surface area contributed by atoms with Crippen LogP contribution in [0.25, 0.3) is 0 Å². The van der Waals surface area contributed by atoms with E-state index in [1.807, 2.05) is 0 Å². The number of carboxylic acid groups (broad SMARTS) is 1. The molecule has 0 heterocycles. The molecule has 0 rings (SSSR count). The van der Waals surface area contributed by atoms with Gasteiger partial charge in [-0.15, -0.1) is 0 Å². The summed E-state index contributed by atoms with van der Waals surface area (Å²) in [5.74, 6) is -1.37. The second-order valence-electron chi connectivity index (χ2n) is 2.25. The van der Waals surface area contributed by atoms with Gasteiger partial charge in [0.2, 0.25) is 0 Å². The zero-order chi connectivity index (χ0) is 9.40. The van der Waals surface area contributed by atoms with Crippen LogP contribution >= 0.6 is 0 Å². The maximum atomic E-state index is 10.6. The van der Waals surface area contributed by atoms with Crippen molar-refractivity contribution in [1.29, 1.82) is 0 Å². The Morgan fingerprint density at radius 2 is 1.75 bits per heavy atom.